The SMILES string of the molecule is CC(C)OCCNc1ccc(S(N)(=O)=O)c(N)c1. The molecule has 18 heavy (non-hydrogen) atoms. The van der Waals surface area contributed by atoms with Crippen molar-refractivity contribution in [1.29, 1.82) is 0 Å². The second-order valence-corrected chi connectivity index (χ2v) is 5.67. The van der Waals surface area contributed by atoms with Crippen LogP contribution in [0.3, 0.4) is 0 Å². The fraction of sp³-hybridized carbons (Fsp3) is 0.455. The van der Waals surface area contributed by atoms with Gasteiger partial charge in [0.1, 0.15) is 4.90 Å². The molecule has 0 aliphatic heterocycles. The van der Waals surface area contributed by atoms with E-state index in [1.54, 1.807) is 6.07 Å². The van der Waals surface area contributed by atoms with E-state index < -0.39 is 10.0 Å². The summed E-state index contributed by atoms with van der Waals surface area (Å²) in [5, 5.41) is 8.09. The van der Waals surface area contributed by atoms with E-state index in [-0.39, 0.29) is 16.7 Å². The largest absolute Gasteiger partial charge is 0.398 e. The normalized spacial score (nSPS) is 11.8. The lowest BCUT2D eigenvalue weighted by Crippen LogP contribution is -2.15. The summed E-state index contributed by atoms with van der Waals surface area (Å²) in [5.41, 5.74) is 6.49. The Morgan fingerprint density at radius 3 is 2.56 bits per heavy atom. The van der Waals surface area contributed by atoms with Crippen molar-refractivity contribution < 1.29 is 13.2 Å². The van der Waals surface area contributed by atoms with Crippen molar-refractivity contribution in [3.8, 4) is 0 Å². The highest BCUT2D eigenvalue weighted by Gasteiger charge is 2.11. The lowest BCUT2D eigenvalue weighted by Gasteiger charge is -2.11. The monoisotopic (exact) mass is 273 g/mol. The summed E-state index contributed by atoms with van der Waals surface area (Å²) in [7, 11) is -3.76. The Labute approximate surface area is 107 Å². The van der Waals surface area contributed by atoms with Crippen molar-refractivity contribution in [2.24, 2.45) is 5.14 Å². The average molecular weight is 273 g/mol. The molecule has 0 aliphatic rings. The van der Waals surface area contributed by atoms with E-state index in [1.165, 1.54) is 12.1 Å². The van der Waals surface area contributed by atoms with Crippen molar-refractivity contribution >= 4 is 21.4 Å². The van der Waals surface area contributed by atoms with Crippen molar-refractivity contribution in [2.45, 2.75) is 24.8 Å². The predicted molar refractivity (Wildman–Crippen MR) is 71.8 cm³/mol. The Kier molecular flexibility index (Phi) is 4.94. The molecule has 102 valence electrons. The molecule has 0 radical (unpaired) electrons. The molecule has 6 nitrogen and oxygen atoms in total. The number of nitrogens with one attached hydrogen (secondary N) is 1. The predicted octanol–water partition coefficient (Wildman–Crippen LogP) is 0.753. The van der Waals surface area contributed by atoms with Crippen molar-refractivity contribution in [2.75, 3.05) is 24.2 Å². The van der Waals surface area contributed by atoms with Gasteiger partial charge in [0, 0.05) is 12.2 Å². The van der Waals surface area contributed by atoms with E-state index in [1.807, 2.05) is 13.8 Å². The lowest BCUT2D eigenvalue weighted by atomic mass is 10.3. The molecule has 0 spiro atoms. The summed E-state index contributed by atoms with van der Waals surface area (Å²) in [6, 6.07) is 4.54. The molecule has 0 aromatic heterocycles. The van der Waals surface area contributed by atoms with Gasteiger partial charge in [0.2, 0.25) is 10.0 Å². The molecule has 1 aromatic carbocycles. The smallest absolute Gasteiger partial charge is 0.240 e. The van der Waals surface area contributed by atoms with Crippen LogP contribution in [0.2, 0.25) is 0 Å². The average Bonchev–Trinajstić information content (AvgIpc) is 2.22. The highest BCUT2D eigenvalue weighted by molar-refractivity contribution is 7.89. The number of hydrogen-bond acceptors (Lipinski definition) is 5. The van der Waals surface area contributed by atoms with Gasteiger partial charge in [-0.1, -0.05) is 0 Å². The minimum Gasteiger partial charge on any atom is -0.398 e. The van der Waals surface area contributed by atoms with Crippen molar-refractivity contribution in [3.05, 3.63) is 18.2 Å². The molecule has 0 saturated heterocycles. The topological polar surface area (TPSA) is 107 Å². The van der Waals surface area contributed by atoms with E-state index in [9.17, 15) is 8.42 Å². The number of ether oxygens (including phenoxy) is 1. The first kappa shape index (κ1) is 14.7. The molecular weight excluding hydrogens is 254 g/mol. The second kappa shape index (κ2) is 6.03. The Hall–Kier alpha value is -1.31. The first-order chi connectivity index (χ1) is 8.30. The third-order valence-corrected chi connectivity index (χ3v) is 3.18. The summed E-state index contributed by atoms with van der Waals surface area (Å²) in [6.45, 7) is 5.10. The van der Waals surface area contributed by atoms with Crippen LogP contribution in [0.1, 0.15) is 13.8 Å². The van der Waals surface area contributed by atoms with Crippen LogP contribution >= 0.6 is 0 Å². The minimum atomic E-state index is -3.76. The van der Waals surface area contributed by atoms with E-state index in [0.29, 0.717) is 13.2 Å². The number of nitrogens with two attached hydrogens (primary N) is 2. The van der Waals surface area contributed by atoms with Crippen LogP contribution in [0.4, 0.5) is 11.4 Å². The van der Waals surface area contributed by atoms with Gasteiger partial charge in [0.15, 0.2) is 0 Å². The van der Waals surface area contributed by atoms with Gasteiger partial charge in [0.05, 0.1) is 18.4 Å². The molecule has 1 aromatic rings. The van der Waals surface area contributed by atoms with E-state index in [0.717, 1.165) is 5.69 Å². The number of nitrogen functional groups attached to an aromatic ring is 1. The highest BCUT2D eigenvalue weighted by atomic mass is 32.2. The molecule has 5 N–H and O–H groups in total. The molecule has 0 aliphatic carbocycles. The Bertz CT molecular complexity index is 500. The lowest BCUT2D eigenvalue weighted by molar-refractivity contribution is 0.0870. The molecule has 1 rings (SSSR count). The third-order valence-electron chi connectivity index (χ3n) is 2.20. The van der Waals surface area contributed by atoms with Crippen LogP contribution in [0.15, 0.2) is 23.1 Å². The Balaban J connectivity index is 2.63. The molecule has 0 heterocycles. The number of anilines is 2. The van der Waals surface area contributed by atoms with E-state index >= 15 is 0 Å². The quantitative estimate of drug-likeness (QED) is 0.523. The molecule has 0 fully saturated rings. The van der Waals surface area contributed by atoms with Crippen LogP contribution < -0.4 is 16.2 Å². The van der Waals surface area contributed by atoms with Gasteiger partial charge in [-0.25, -0.2) is 13.6 Å². The van der Waals surface area contributed by atoms with E-state index in [2.05, 4.69) is 5.32 Å². The zero-order chi connectivity index (χ0) is 13.8. The maximum atomic E-state index is 11.2. The molecule has 0 bridgehead atoms. The summed E-state index contributed by atoms with van der Waals surface area (Å²) in [6.07, 6.45) is 0.182. The van der Waals surface area contributed by atoms with Crippen LogP contribution in [0.25, 0.3) is 0 Å². The molecular formula is C11H19N3O3S. The van der Waals surface area contributed by atoms with Gasteiger partial charge >= 0.3 is 0 Å². The standard InChI is InChI=1S/C11H19N3O3S/c1-8(2)17-6-5-14-9-3-4-11(10(12)7-9)18(13,15)16/h3-4,7-8,14H,5-6,12H2,1-2H3,(H2,13,15,16). The fourth-order valence-electron chi connectivity index (χ4n) is 1.41. The Morgan fingerprint density at radius 2 is 2.06 bits per heavy atom. The summed E-state index contributed by atoms with van der Waals surface area (Å²) in [5.74, 6) is 0. The summed E-state index contributed by atoms with van der Waals surface area (Å²) < 4.78 is 27.7. The maximum absolute atomic E-state index is 11.2. The zero-order valence-electron chi connectivity index (χ0n) is 10.5. The van der Waals surface area contributed by atoms with Gasteiger partial charge in [-0.3, -0.25) is 0 Å². The first-order valence-corrected chi connectivity index (χ1v) is 7.13. The van der Waals surface area contributed by atoms with Crippen molar-refractivity contribution in [1.82, 2.24) is 0 Å². The third kappa shape index (κ3) is 4.52. The highest BCUT2D eigenvalue weighted by Crippen LogP contribution is 2.21. The van der Waals surface area contributed by atoms with Crippen LogP contribution in [0.5, 0.6) is 0 Å². The number of benzene rings is 1. The number of rotatable bonds is 6. The number of primary sulfonamides is 1. The van der Waals surface area contributed by atoms with Gasteiger partial charge in [-0.2, -0.15) is 0 Å². The number of hydrogen-bond donors (Lipinski definition) is 3. The van der Waals surface area contributed by atoms with Gasteiger partial charge in [-0.15, -0.1) is 0 Å². The van der Waals surface area contributed by atoms with Gasteiger partial charge in [-0.05, 0) is 32.0 Å². The molecule has 0 amide bonds. The van der Waals surface area contributed by atoms with E-state index in [4.69, 9.17) is 15.6 Å². The molecule has 0 saturated carbocycles. The van der Waals surface area contributed by atoms with Gasteiger partial charge < -0.3 is 15.8 Å². The van der Waals surface area contributed by atoms with Crippen molar-refractivity contribution in [3.63, 3.8) is 0 Å². The Morgan fingerprint density at radius 1 is 1.39 bits per heavy atom. The minimum absolute atomic E-state index is 0.0634. The second-order valence-electron chi connectivity index (χ2n) is 4.14. The fourth-order valence-corrected chi connectivity index (χ4v) is 2.05. The molecule has 0 unspecified atom stereocenters. The van der Waals surface area contributed by atoms with Gasteiger partial charge in [0.25, 0.3) is 0 Å². The maximum Gasteiger partial charge on any atom is 0.240 e. The van der Waals surface area contributed by atoms with Crippen LogP contribution in [-0.4, -0.2) is 27.7 Å². The zero-order valence-corrected chi connectivity index (χ0v) is 11.3. The van der Waals surface area contributed by atoms with Crippen LogP contribution in [-0.2, 0) is 14.8 Å². The summed E-state index contributed by atoms with van der Waals surface area (Å²) >= 11 is 0. The van der Waals surface area contributed by atoms with Crippen LogP contribution in [0, 0.1) is 0 Å². The molecule has 0 atom stereocenters. The number of sulfonamides is 1. The summed E-state index contributed by atoms with van der Waals surface area (Å²) in [4.78, 5) is -0.0634. The molecule has 7 heteroatoms. The first-order valence-electron chi connectivity index (χ1n) is 5.58.